The lowest BCUT2D eigenvalue weighted by atomic mass is 10.1. The number of nitrogens with zero attached hydrogens (tertiary/aromatic N) is 1. The van der Waals surface area contributed by atoms with Gasteiger partial charge < -0.3 is 10.2 Å². The number of hydrogen-bond donors (Lipinski definition) is 1. The second-order valence-corrected chi connectivity index (χ2v) is 5.20. The van der Waals surface area contributed by atoms with E-state index in [0.29, 0.717) is 24.7 Å². The first-order chi connectivity index (χ1) is 9.38. The number of likely N-dealkylation sites (N-methyl/N-ethyl adjacent to an activating group) is 1. The molecule has 0 spiro atoms. The molecule has 1 aliphatic carbocycles. The third kappa shape index (κ3) is 4.18. The van der Waals surface area contributed by atoms with E-state index in [2.05, 4.69) is 10.2 Å². The van der Waals surface area contributed by atoms with Gasteiger partial charge in [0.05, 0.1) is 5.56 Å². The number of nitrogens with one attached hydrogen (secondary N) is 1. The van der Waals surface area contributed by atoms with E-state index in [1.54, 1.807) is 0 Å². The Hall–Kier alpha value is -1.14. The van der Waals surface area contributed by atoms with Gasteiger partial charge in [-0.05, 0) is 37.6 Å². The van der Waals surface area contributed by atoms with Gasteiger partial charge in [0.25, 0.3) is 0 Å². The van der Waals surface area contributed by atoms with Gasteiger partial charge in [0, 0.05) is 25.7 Å². The molecule has 0 aliphatic heterocycles. The van der Waals surface area contributed by atoms with Crippen molar-refractivity contribution in [1.82, 2.24) is 10.2 Å². The van der Waals surface area contributed by atoms with Crippen LogP contribution in [0.5, 0.6) is 0 Å². The molecular weight excluding hydrogens is 272 g/mol. The van der Waals surface area contributed by atoms with Crippen molar-refractivity contribution >= 4 is 0 Å². The van der Waals surface area contributed by atoms with E-state index in [-0.39, 0.29) is 0 Å². The fourth-order valence-electron chi connectivity index (χ4n) is 2.09. The first kappa shape index (κ1) is 15.3. The van der Waals surface area contributed by atoms with E-state index in [9.17, 15) is 17.6 Å². The van der Waals surface area contributed by atoms with Gasteiger partial charge in [-0.15, -0.1) is 0 Å². The number of alkyl halides is 3. The zero-order chi connectivity index (χ0) is 14.8. The molecule has 1 aliphatic rings. The minimum atomic E-state index is -4.65. The maximum Gasteiger partial charge on any atom is 0.419 e. The summed E-state index contributed by atoms with van der Waals surface area (Å²) in [5.74, 6) is -1.23. The van der Waals surface area contributed by atoms with Gasteiger partial charge >= 0.3 is 6.18 Å². The van der Waals surface area contributed by atoms with E-state index in [1.807, 2.05) is 7.05 Å². The highest BCUT2D eigenvalue weighted by Crippen LogP contribution is 2.31. The summed E-state index contributed by atoms with van der Waals surface area (Å²) in [6.07, 6.45) is -2.20. The van der Waals surface area contributed by atoms with Crippen LogP contribution in [-0.4, -0.2) is 31.1 Å². The topological polar surface area (TPSA) is 15.3 Å². The van der Waals surface area contributed by atoms with Crippen molar-refractivity contribution in [2.24, 2.45) is 0 Å². The summed E-state index contributed by atoms with van der Waals surface area (Å²) < 4.78 is 50.8. The van der Waals surface area contributed by atoms with Gasteiger partial charge in [0.1, 0.15) is 5.82 Å². The molecule has 0 unspecified atom stereocenters. The molecule has 1 aromatic carbocycles. The van der Waals surface area contributed by atoms with Crippen LogP contribution in [0.2, 0.25) is 0 Å². The molecule has 0 amide bonds. The number of halogens is 4. The highest BCUT2D eigenvalue weighted by Gasteiger charge is 2.34. The second-order valence-electron chi connectivity index (χ2n) is 5.20. The summed E-state index contributed by atoms with van der Waals surface area (Å²) in [6, 6.07) is 3.78. The lowest BCUT2D eigenvalue weighted by Gasteiger charge is -2.16. The van der Waals surface area contributed by atoms with Crippen LogP contribution in [-0.2, 0) is 12.7 Å². The van der Waals surface area contributed by atoms with Crippen molar-refractivity contribution in [3.8, 4) is 0 Å². The molecule has 1 N–H and O–H groups in total. The van der Waals surface area contributed by atoms with Gasteiger partial charge in [0.2, 0.25) is 0 Å². The van der Waals surface area contributed by atoms with E-state index in [4.69, 9.17) is 0 Å². The third-order valence-electron chi connectivity index (χ3n) is 3.48. The van der Waals surface area contributed by atoms with E-state index >= 15 is 0 Å². The smallest absolute Gasteiger partial charge is 0.311 e. The molecule has 0 heterocycles. The van der Waals surface area contributed by atoms with E-state index in [1.165, 1.54) is 18.9 Å². The summed E-state index contributed by atoms with van der Waals surface area (Å²) in [4.78, 5) is 2.23. The fraction of sp³-hybridized carbons (Fsp3) is 0.571. The molecule has 2 rings (SSSR count). The Bertz CT molecular complexity index is 455. The zero-order valence-corrected chi connectivity index (χ0v) is 11.3. The number of hydrogen-bond acceptors (Lipinski definition) is 2. The van der Waals surface area contributed by atoms with Gasteiger partial charge in [-0.2, -0.15) is 13.2 Å². The Morgan fingerprint density at radius 1 is 1.30 bits per heavy atom. The van der Waals surface area contributed by atoms with Gasteiger partial charge in [-0.3, -0.25) is 0 Å². The Morgan fingerprint density at radius 3 is 2.60 bits per heavy atom. The quantitative estimate of drug-likeness (QED) is 0.640. The van der Waals surface area contributed by atoms with Crippen LogP contribution in [0.25, 0.3) is 0 Å². The largest absolute Gasteiger partial charge is 0.419 e. The molecule has 0 saturated heterocycles. The summed E-state index contributed by atoms with van der Waals surface area (Å²) in [6.45, 7) is 1.87. The summed E-state index contributed by atoms with van der Waals surface area (Å²) in [5.41, 5.74) is -0.764. The van der Waals surface area contributed by atoms with Crippen LogP contribution < -0.4 is 5.32 Å². The highest BCUT2D eigenvalue weighted by atomic mass is 19.4. The van der Waals surface area contributed by atoms with Crippen LogP contribution in [0.3, 0.4) is 0 Å². The van der Waals surface area contributed by atoms with Crippen LogP contribution in [0.1, 0.15) is 24.0 Å². The minimum Gasteiger partial charge on any atom is -0.311 e. The first-order valence-electron chi connectivity index (χ1n) is 6.64. The molecular formula is C14H18F4N2. The molecule has 0 radical (unpaired) electrons. The molecule has 0 atom stereocenters. The molecule has 0 aromatic heterocycles. The van der Waals surface area contributed by atoms with Crippen LogP contribution in [0.4, 0.5) is 17.6 Å². The summed E-state index contributed by atoms with van der Waals surface area (Å²) in [5, 5.41) is 3.08. The fourth-order valence-corrected chi connectivity index (χ4v) is 2.09. The molecule has 20 heavy (non-hydrogen) atoms. The SMILES string of the molecule is CN(CCNCc1ccc(F)c(C(F)(F)F)c1)C1CC1. The maximum absolute atomic E-state index is 13.1. The van der Waals surface area contributed by atoms with Gasteiger partial charge in [-0.25, -0.2) is 4.39 Å². The lowest BCUT2D eigenvalue weighted by Crippen LogP contribution is -2.30. The average Bonchev–Trinajstić information content (AvgIpc) is 3.19. The van der Waals surface area contributed by atoms with Crippen molar-refractivity contribution in [1.29, 1.82) is 0 Å². The van der Waals surface area contributed by atoms with Crippen LogP contribution in [0.15, 0.2) is 18.2 Å². The lowest BCUT2D eigenvalue weighted by molar-refractivity contribution is -0.140. The molecule has 1 aromatic rings. The zero-order valence-electron chi connectivity index (χ0n) is 11.3. The molecule has 2 nitrogen and oxygen atoms in total. The Labute approximate surface area is 115 Å². The number of rotatable bonds is 6. The first-order valence-corrected chi connectivity index (χ1v) is 6.64. The van der Waals surface area contributed by atoms with Gasteiger partial charge in [-0.1, -0.05) is 6.07 Å². The maximum atomic E-state index is 13.1. The molecule has 1 saturated carbocycles. The van der Waals surface area contributed by atoms with Crippen LogP contribution in [0, 0.1) is 5.82 Å². The normalized spacial score (nSPS) is 15.9. The predicted molar refractivity (Wildman–Crippen MR) is 68.8 cm³/mol. The Morgan fingerprint density at radius 2 is 2.00 bits per heavy atom. The van der Waals surface area contributed by atoms with Crippen molar-refractivity contribution in [2.45, 2.75) is 31.6 Å². The van der Waals surface area contributed by atoms with Crippen molar-refractivity contribution in [2.75, 3.05) is 20.1 Å². The average molecular weight is 290 g/mol. The molecule has 6 heteroatoms. The van der Waals surface area contributed by atoms with Crippen LogP contribution >= 0.6 is 0 Å². The van der Waals surface area contributed by atoms with Crippen molar-refractivity contribution in [3.05, 3.63) is 35.1 Å². The molecule has 112 valence electrons. The Balaban J connectivity index is 1.83. The predicted octanol–water partition coefficient (Wildman–Crippen LogP) is 3.03. The van der Waals surface area contributed by atoms with Gasteiger partial charge in [0.15, 0.2) is 0 Å². The molecule has 1 fully saturated rings. The van der Waals surface area contributed by atoms with E-state index in [0.717, 1.165) is 18.7 Å². The standard InChI is InChI=1S/C14H18F4N2/c1-20(11-3-4-11)7-6-19-9-10-2-5-13(15)12(8-10)14(16,17)18/h2,5,8,11,19H,3-4,6-7,9H2,1H3. The second kappa shape index (κ2) is 6.10. The monoisotopic (exact) mass is 290 g/mol. The summed E-state index contributed by atoms with van der Waals surface area (Å²) >= 11 is 0. The van der Waals surface area contributed by atoms with E-state index < -0.39 is 17.6 Å². The Kier molecular flexibility index (Phi) is 4.65. The highest BCUT2D eigenvalue weighted by molar-refractivity contribution is 5.27. The van der Waals surface area contributed by atoms with Crippen molar-refractivity contribution < 1.29 is 17.6 Å². The number of benzene rings is 1. The molecule has 0 bridgehead atoms. The summed E-state index contributed by atoms with van der Waals surface area (Å²) in [7, 11) is 2.04. The van der Waals surface area contributed by atoms with Crippen molar-refractivity contribution in [3.63, 3.8) is 0 Å². The minimum absolute atomic E-state index is 0.307. The third-order valence-corrected chi connectivity index (χ3v) is 3.48.